The van der Waals surface area contributed by atoms with Gasteiger partial charge in [-0.1, -0.05) is 60.7 Å². The number of hydrogen-bond acceptors (Lipinski definition) is 5. The van der Waals surface area contributed by atoms with Gasteiger partial charge in [-0.3, -0.25) is 0 Å². The molecule has 29 heavy (non-hydrogen) atoms. The van der Waals surface area contributed by atoms with E-state index in [4.69, 9.17) is 5.73 Å². The first kappa shape index (κ1) is 23.5. The van der Waals surface area contributed by atoms with Gasteiger partial charge in [-0.2, -0.15) is 0 Å². The van der Waals surface area contributed by atoms with Crippen LogP contribution in [0.2, 0.25) is 0 Å². The number of nitrogens with one attached hydrogen (secondary N) is 3. The lowest BCUT2D eigenvalue weighted by molar-refractivity contribution is 0.276. The Morgan fingerprint density at radius 2 is 1.07 bits per heavy atom. The van der Waals surface area contributed by atoms with Crippen molar-refractivity contribution in [3.63, 3.8) is 0 Å². The molecule has 5 heteroatoms. The second-order valence-corrected chi connectivity index (χ2v) is 7.35. The van der Waals surface area contributed by atoms with E-state index in [9.17, 15) is 0 Å². The predicted octanol–water partition coefficient (Wildman–Crippen LogP) is 1.50. The summed E-state index contributed by atoms with van der Waals surface area (Å²) in [6.07, 6.45) is 2.19. The number of hydrogen-bond donors (Lipinski definition) is 4. The van der Waals surface area contributed by atoms with Gasteiger partial charge in [0.05, 0.1) is 0 Å². The topological polar surface area (TPSA) is 65.3 Å². The van der Waals surface area contributed by atoms with Crippen LogP contribution in [0.3, 0.4) is 0 Å². The van der Waals surface area contributed by atoms with Crippen molar-refractivity contribution in [3.05, 3.63) is 71.8 Å². The first-order chi connectivity index (χ1) is 14.4. The Kier molecular flexibility index (Phi) is 13.0. The molecule has 0 fully saturated rings. The van der Waals surface area contributed by atoms with E-state index in [0.717, 1.165) is 71.7 Å². The highest BCUT2D eigenvalue weighted by molar-refractivity contribution is 5.15. The summed E-state index contributed by atoms with van der Waals surface area (Å²) < 4.78 is 0. The lowest BCUT2D eigenvalue weighted by atomic mass is 10.1. The van der Waals surface area contributed by atoms with Crippen LogP contribution in [-0.2, 0) is 12.8 Å². The second-order valence-electron chi connectivity index (χ2n) is 7.35. The van der Waals surface area contributed by atoms with Gasteiger partial charge in [-0.05, 0) is 30.5 Å². The van der Waals surface area contributed by atoms with E-state index >= 15 is 0 Å². The van der Waals surface area contributed by atoms with Crippen LogP contribution in [0.4, 0.5) is 0 Å². The molecule has 0 saturated carbocycles. The summed E-state index contributed by atoms with van der Waals surface area (Å²) in [5.41, 5.74) is 8.30. The minimum atomic E-state index is 0.699. The van der Waals surface area contributed by atoms with Gasteiger partial charge in [0.1, 0.15) is 0 Å². The molecule has 0 aliphatic heterocycles. The van der Waals surface area contributed by atoms with Crippen molar-refractivity contribution in [2.24, 2.45) is 5.73 Å². The van der Waals surface area contributed by atoms with Gasteiger partial charge in [-0.25, -0.2) is 0 Å². The third-order valence-electron chi connectivity index (χ3n) is 5.00. The molecule has 0 radical (unpaired) electrons. The van der Waals surface area contributed by atoms with Crippen molar-refractivity contribution < 1.29 is 0 Å². The Morgan fingerprint density at radius 1 is 0.552 bits per heavy atom. The normalized spacial score (nSPS) is 11.2. The number of nitrogens with zero attached hydrogens (tertiary/aromatic N) is 1. The van der Waals surface area contributed by atoms with Crippen LogP contribution in [0, 0.1) is 0 Å². The molecule has 0 aliphatic carbocycles. The van der Waals surface area contributed by atoms with E-state index < -0.39 is 0 Å². The maximum atomic E-state index is 5.50. The van der Waals surface area contributed by atoms with Crippen molar-refractivity contribution in [1.29, 1.82) is 0 Å². The van der Waals surface area contributed by atoms with E-state index in [-0.39, 0.29) is 0 Å². The number of rotatable bonds is 17. The average molecular weight is 398 g/mol. The van der Waals surface area contributed by atoms with E-state index in [1.165, 1.54) is 11.1 Å². The van der Waals surface area contributed by atoms with Gasteiger partial charge >= 0.3 is 0 Å². The summed E-state index contributed by atoms with van der Waals surface area (Å²) in [7, 11) is 0. The Morgan fingerprint density at radius 3 is 1.66 bits per heavy atom. The molecule has 2 rings (SSSR count). The molecule has 0 bridgehead atoms. The standard InChI is InChI=1S/C24H39N5/c25-13-15-27-16-17-28-19-22-29(20-12-24-9-5-2-6-10-24)21-18-26-14-11-23-7-3-1-4-8-23/h1-10,26-28H,11-22,25H2. The molecule has 0 unspecified atom stereocenters. The van der Waals surface area contributed by atoms with Crippen LogP contribution >= 0.6 is 0 Å². The predicted molar refractivity (Wildman–Crippen MR) is 124 cm³/mol. The highest BCUT2D eigenvalue weighted by Crippen LogP contribution is 2.01. The number of benzene rings is 2. The van der Waals surface area contributed by atoms with Gasteiger partial charge in [-0.15, -0.1) is 0 Å². The molecule has 2 aromatic rings. The summed E-state index contributed by atoms with van der Waals surface area (Å²) in [6.45, 7) is 9.87. The minimum Gasteiger partial charge on any atom is -0.329 e. The monoisotopic (exact) mass is 397 g/mol. The van der Waals surface area contributed by atoms with E-state index in [0.29, 0.717) is 6.54 Å². The Hall–Kier alpha value is -1.76. The van der Waals surface area contributed by atoms with Crippen molar-refractivity contribution in [2.75, 3.05) is 65.4 Å². The third-order valence-corrected chi connectivity index (χ3v) is 5.00. The molecule has 0 aromatic heterocycles. The van der Waals surface area contributed by atoms with Crippen molar-refractivity contribution >= 4 is 0 Å². The zero-order valence-corrected chi connectivity index (χ0v) is 17.8. The zero-order valence-electron chi connectivity index (χ0n) is 17.8. The summed E-state index contributed by atoms with van der Waals surface area (Å²) in [6, 6.07) is 21.5. The van der Waals surface area contributed by atoms with Gasteiger partial charge < -0.3 is 26.6 Å². The fourth-order valence-corrected chi connectivity index (χ4v) is 3.27. The average Bonchev–Trinajstić information content (AvgIpc) is 2.77. The van der Waals surface area contributed by atoms with E-state index in [2.05, 4.69) is 81.5 Å². The summed E-state index contributed by atoms with van der Waals surface area (Å²) in [5.74, 6) is 0. The first-order valence-corrected chi connectivity index (χ1v) is 11.0. The molecule has 160 valence electrons. The summed E-state index contributed by atoms with van der Waals surface area (Å²) in [4.78, 5) is 2.56. The molecule has 0 amide bonds. The van der Waals surface area contributed by atoms with Crippen molar-refractivity contribution in [3.8, 4) is 0 Å². The van der Waals surface area contributed by atoms with Gasteiger partial charge in [0.15, 0.2) is 0 Å². The molecule has 0 saturated heterocycles. The van der Waals surface area contributed by atoms with Crippen molar-refractivity contribution in [1.82, 2.24) is 20.9 Å². The van der Waals surface area contributed by atoms with E-state index in [1.54, 1.807) is 0 Å². The highest BCUT2D eigenvalue weighted by atomic mass is 15.1. The van der Waals surface area contributed by atoms with E-state index in [1.807, 2.05) is 0 Å². The Labute approximate surface area is 177 Å². The van der Waals surface area contributed by atoms with Crippen LogP contribution < -0.4 is 21.7 Å². The maximum absolute atomic E-state index is 5.50. The quantitative estimate of drug-likeness (QED) is 0.305. The van der Waals surface area contributed by atoms with Gasteiger partial charge in [0, 0.05) is 58.9 Å². The number of nitrogens with two attached hydrogens (primary N) is 1. The summed E-state index contributed by atoms with van der Waals surface area (Å²) >= 11 is 0. The Balaban J connectivity index is 1.64. The zero-order chi connectivity index (χ0) is 20.4. The molecule has 0 spiro atoms. The molecule has 2 aromatic carbocycles. The largest absolute Gasteiger partial charge is 0.329 e. The maximum Gasteiger partial charge on any atom is 0.0108 e. The van der Waals surface area contributed by atoms with Crippen LogP contribution in [-0.4, -0.2) is 70.3 Å². The van der Waals surface area contributed by atoms with Crippen LogP contribution in [0.5, 0.6) is 0 Å². The highest BCUT2D eigenvalue weighted by Gasteiger charge is 2.05. The van der Waals surface area contributed by atoms with Crippen LogP contribution in [0.1, 0.15) is 11.1 Å². The fraction of sp³-hybridized carbons (Fsp3) is 0.500. The van der Waals surface area contributed by atoms with Crippen LogP contribution in [0.15, 0.2) is 60.7 Å². The minimum absolute atomic E-state index is 0.699. The smallest absolute Gasteiger partial charge is 0.0108 e. The molecule has 0 aliphatic rings. The molecule has 0 atom stereocenters. The molecular formula is C24H39N5. The third kappa shape index (κ3) is 11.7. The second kappa shape index (κ2) is 16.1. The molecule has 0 heterocycles. The lowest BCUT2D eigenvalue weighted by Gasteiger charge is -2.23. The Bertz CT molecular complexity index is 605. The lowest BCUT2D eigenvalue weighted by Crippen LogP contribution is -2.40. The van der Waals surface area contributed by atoms with Gasteiger partial charge in [0.25, 0.3) is 0 Å². The molecule has 5 N–H and O–H groups in total. The first-order valence-electron chi connectivity index (χ1n) is 11.0. The van der Waals surface area contributed by atoms with Crippen LogP contribution in [0.25, 0.3) is 0 Å². The molecular weight excluding hydrogens is 358 g/mol. The fourth-order valence-electron chi connectivity index (χ4n) is 3.27. The van der Waals surface area contributed by atoms with Crippen molar-refractivity contribution in [2.45, 2.75) is 12.8 Å². The van der Waals surface area contributed by atoms with Gasteiger partial charge in [0.2, 0.25) is 0 Å². The summed E-state index contributed by atoms with van der Waals surface area (Å²) in [5, 5.41) is 10.5. The SMILES string of the molecule is NCCNCCNCCN(CCNCCc1ccccc1)CCc1ccccc1. The molecule has 5 nitrogen and oxygen atoms in total.